The van der Waals surface area contributed by atoms with Crippen molar-refractivity contribution in [1.29, 1.82) is 5.26 Å². The molecule has 0 aliphatic rings. The van der Waals surface area contributed by atoms with E-state index in [1.54, 1.807) is 24.5 Å². The van der Waals surface area contributed by atoms with Gasteiger partial charge in [0.15, 0.2) is 0 Å². The normalized spacial score (nSPS) is 8.56. The zero-order valence-electron chi connectivity index (χ0n) is 5.00. The molecule has 0 aromatic carbocycles. The molecule has 0 heterocycles. The second-order valence-electron chi connectivity index (χ2n) is 1.25. The van der Waals surface area contributed by atoms with Crippen molar-refractivity contribution in [2.75, 3.05) is 0 Å². The first kappa shape index (κ1) is 8.26. The van der Waals surface area contributed by atoms with Crippen LogP contribution in [0.4, 0.5) is 0 Å². The fourth-order valence-electron chi connectivity index (χ4n) is 0.268. The fourth-order valence-corrected chi connectivity index (χ4v) is 0.689. The van der Waals surface area contributed by atoms with Gasteiger partial charge in [-0.05, 0) is 0 Å². The Balaban J connectivity index is 3.66. The van der Waals surface area contributed by atoms with Gasteiger partial charge in [-0.1, -0.05) is 0 Å². The zero-order chi connectivity index (χ0) is 7.11. The van der Waals surface area contributed by atoms with Crippen LogP contribution >= 0.6 is 0 Å². The van der Waals surface area contributed by atoms with Crippen molar-refractivity contribution in [3.05, 3.63) is 24.8 Å². The Hall–Kier alpha value is -0.737. The van der Waals surface area contributed by atoms with Crippen LogP contribution in [0.25, 0.3) is 0 Å². The second kappa shape index (κ2) is 5.40. The molecule has 0 unspecified atom stereocenters. The van der Waals surface area contributed by atoms with Gasteiger partial charge in [-0.3, -0.25) is 0 Å². The van der Waals surface area contributed by atoms with E-state index < -0.39 is 0 Å². The SMILES string of the molecule is C=C/C=C\[C](=[Zn])OC#N. The third-order valence-corrected chi connectivity index (χ3v) is 1.39. The minimum absolute atomic E-state index is 0.692. The first-order chi connectivity index (χ1) is 4.31. The van der Waals surface area contributed by atoms with Crippen molar-refractivity contribution in [3.63, 3.8) is 0 Å². The Morgan fingerprint density at radius 2 is 2.44 bits per heavy atom. The molecule has 0 aromatic heterocycles. The van der Waals surface area contributed by atoms with Crippen molar-refractivity contribution < 1.29 is 22.6 Å². The van der Waals surface area contributed by atoms with Crippen LogP contribution in [0.2, 0.25) is 0 Å². The third-order valence-electron chi connectivity index (χ3n) is 0.595. The van der Waals surface area contributed by atoms with E-state index in [1.165, 1.54) is 0 Å². The number of hydrogen-bond donors (Lipinski definition) is 0. The molecule has 0 radical (unpaired) electrons. The first-order valence-electron chi connectivity index (χ1n) is 2.35. The van der Waals surface area contributed by atoms with Gasteiger partial charge in [0.2, 0.25) is 0 Å². The van der Waals surface area contributed by atoms with E-state index >= 15 is 0 Å². The summed E-state index contributed by atoms with van der Waals surface area (Å²) in [4.78, 5) is 0. The van der Waals surface area contributed by atoms with Crippen LogP contribution in [0.1, 0.15) is 0 Å². The number of allylic oxidation sites excluding steroid dienone is 2. The van der Waals surface area contributed by atoms with E-state index in [9.17, 15) is 0 Å². The third kappa shape index (κ3) is 5.13. The van der Waals surface area contributed by atoms with Crippen LogP contribution in [0.5, 0.6) is 0 Å². The predicted molar refractivity (Wildman–Crippen MR) is 31.0 cm³/mol. The van der Waals surface area contributed by atoms with E-state index in [1.807, 2.05) is 0 Å². The molecular weight excluding hydrogens is 167 g/mol. The number of hydrogen-bond acceptors (Lipinski definition) is 2. The molecule has 0 aliphatic carbocycles. The molecule has 0 saturated carbocycles. The molecule has 0 amide bonds. The van der Waals surface area contributed by atoms with Crippen LogP contribution in [-0.4, -0.2) is 4.29 Å². The van der Waals surface area contributed by atoms with Gasteiger partial charge < -0.3 is 0 Å². The van der Waals surface area contributed by atoms with Gasteiger partial charge in [0, 0.05) is 0 Å². The topological polar surface area (TPSA) is 33.0 Å². The zero-order valence-corrected chi connectivity index (χ0v) is 7.97. The molecule has 42 valence electrons. The molecule has 0 rings (SSSR count). The Bertz CT molecular complexity index is 178. The van der Waals surface area contributed by atoms with Crippen molar-refractivity contribution in [1.82, 2.24) is 0 Å². The summed E-state index contributed by atoms with van der Waals surface area (Å²) in [5.41, 5.74) is 0. The number of rotatable bonds is 3. The summed E-state index contributed by atoms with van der Waals surface area (Å²) < 4.78 is 5.18. The minimum atomic E-state index is 0.692. The van der Waals surface area contributed by atoms with Gasteiger partial charge in [-0.15, -0.1) is 0 Å². The summed E-state index contributed by atoms with van der Waals surface area (Å²) >= 11 is 0.845. The first-order valence-corrected chi connectivity index (χ1v) is 3.83. The predicted octanol–water partition coefficient (Wildman–Crippen LogP) is 0.903. The molecule has 0 aliphatic heterocycles. The van der Waals surface area contributed by atoms with Gasteiger partial charge in [-0.25, -0.2) is 0 Å². The van der Waals surface area contributed by atoms with E-state index in [-0.39, 0.29) is 0 Å². The Morgan fingerprint density at radius 3 is 2.89 bits per heavy atom. The molecule has 0 spiro atoms. The molecule has 0 fully saturated rings. The second-order valence-corrected chi connectivity index (χ2v) is 2.72. The molecule has 9 heavy (non-hydrogen) atoms. The van der Waals surface area contributed by atoms with E-state index in [0.29, 0.717) is 4.29 Å². The molecule has 0 saturated heterocycles. The maximum absolute atomic E-state index is 8.00. The number of ether oxygens (including phenoxy) is 1. The quantitative estimate of drug-likeness (QED) is 0.360. The van der Waals surface area contributed by atoms with Crippen molar-refractivity contribution in [2.24, 2.45) is 0 Å². The van der Waals surface area contributed by atoms with E-state index in [4.69, 9.17) is 5.26 Å². The summed E-state index contributed by atoms with van der Waals surface area (Å²) in [7, 11) is 0. The van der Waals surface area contributed by atoms with Gasteiger partial charge in [0.25, 0.3) is 0 Å². The molecule has 0 aromatic rings. The van der Waals surface area contributed by atoms with Crippen LogP contribution in [-0.2, 0) is 22.6 Å². The van der Waals surface area contributed by atoms with Crippen LogP contribution < -0.4 is 0 Å². The Labute approximate surface area is 63.6 Å². The van der Waals surface area contributed by atoms with Gasteiger partial charge in [-0.2, -0.15) is 0 Å². The van der Waals surface area contributed by atoms with Gasteiger partial charge in [0.1, 0.15) is 0 Å². The van der Waals surface area contributed by atoms with Gasteiger partial charge >= 0.3 is 63.2 Å². The van der Waals surface area contributed by atoms with Crippen molar-refractivity contribution >= 4 is 4.29 Å². The van der Waals surface area contributed by atoms with E-state index in [0.717, 1.165) is 17.9 Å². The van der Waals surface area contributed by atoms with Crippen LogP contribution in [0.3, 0.4) is 0 Å². The molecule has 0 bridgehead atoms. The maximum atomic E-state index is 8.00. The standard InChI is InChI=1S/C6H5NO.Zn/c1-2-3-4-5-8-6-7;/h2-4H,1H2;/b4-3-;. The number of nitriles is 1. The average Bonchev–Trinajstić information content (AvgIpc) is 1.85. The Morgan fingerprint density at radius 1 is 1.78 bits per heavy atom. The summed E-state index contributed by atoms with van der Waals surface area (Å²) in [5.74, 6) is 0. The van der Waals surface area contributed by atoms with Crippen molar-refractivity contribution in [3.8, 4) is 6.26 Å². The monoisotopic (exact) mass is 171 g/mol. The molecule has 3 heteroatoms. The summed E-state index contributed by atoms with van der Waals surface area (Å²) in [6, 6.07) is 0. The molecule has 2 nitrogen and oxygen atoms in total. The molecule has 0 atom stereocenters. The molecular formula is C6H5NOZn. The van der Waals surface area contributed by atoms with Crippen LogP contribution in [0, 0.1) is 11.5 Å². The van der Waals surface area contributed by atoms with Crippen molar-refractivity contribution in [2.45, 2.75) is 0 Å². The van der Waals surface area contributed by atoms with E-state index in [2.05, 4.69) is 11.3 Å². The summed E-state index contributed by atoms with van der Waals surface area (Å²) in [6.45, 7) is 3.47. The average molecular weight is 173 g/mol. The fraction of sp³-hybridized carbons (Fsp3) is 0. The Kier molecular flexibility index (Phi) is 4.96. The summed E-state index contributed by atoms with van der Waals surface area (Å²) in [5, 5.41) is 8.00. The molecule has 0 N–H and O–H groups in total. The summed E-state index contributed by atoms with van der Waals surface area (Å²) in [6.07, 6.45) is 6.67. The van der Waals surface area contributed by atoms with Crippen LogP contribution in [0.15, 0.2) is 24.8 Å². The number of nitrogens with zero attached hydrogens (tertiary/aromatic N) is 1. The van der Waals surface area contributed by atoms with Gasteiger partial charge in [0.05, 0.1) is 0 Å².